The number of rotatable bonds is 3. The zero-order valence-corrected chi connectivity index (χ0v) is 10.1. The molecular weight excluding hydrogens is 200 g/mol. The third-order valence-corrected chi connectivity index (χ3v) is 3.92. The molecule has 2 nitrogen and oxygen atoms in total. The predicted octanol–water partition coefficient (Wildman–Crippen LogP) is 3.85. The van der Waals surface area contributed by atoms with Crippen LogP contribution < -0.4 is 0 Å². The van der Waals surface area contributed by atoms with Crippen molar-refractivity contribution in [1.29, 1.82) is 0 Å². The lowest BCUT2D eigenvalue weighted by molar-refractivity contribution is 0.0190. The maximum absolute atomic E-state index is 10.6. The van der Waals surface area contributed by atoms with Crippen molar-refractivity contribution in [2.45, 2.75) is 57.5 Å². The summed E-state index contributed by atoms with van der Waals surface area (Å²) in [6, 6.07) is 1.90. The Bertz CT molecular complexity index is 305. The van der Waals surface area contributed by atoms with Crippen LogP contribution in [0.2, 0.25) is 0 Å². The lowest BCUT2D eigenvalue weighted by Gasteiger charge is -2.25. The molecule has 0 aliphatic heterocycles. The standard InChI is InChI=1S/C14H22O2/c1-2-4-12-5-3-8-14(15,9-6-12)13-7-10-16-11-13/h7,10-12,15H,2-6,8-9H2,1H3. The maximum Gasteiger partial charge on any atom is 0.0963 e. The molecule has 0 spiro atoms. The molecule has 1 N–H and O–H groups in total. The van der Waals surface area contributed by atoms with Gasteiger partial charge >= 0.3 is 0 Å². The highest BCUT2D eigenvalue weighted by molar-refractivity contribution is 5.16. The summed E-state index contributed by atoms with van der Waals surface area (Å²) in [5.41, 5.74) is 0.333. The van der Waals surface area contributed by atoms with E-state index < -0.39 is 5.60 Å². The number of hydrogen-bond acceptors (Lipinski definition) is 2. The van der Waals surface area contributed by atoms with E-state index in [-0.39, 0.29) is 0 Å². The maximum atomic E-state index is 10.6. The lowest BCUT2D eigenvalue weighted by atomic mass is 9.87. The van der Waals surface area contributed by atoms with Crippen molar-refractivity contribution >= 4 is 0 Å². The minimum atomic E-state index is -0.629. The first-order valence-corrected chi connectivity index (χ1v) is 6.49. The second kappa shape index (κ2) is 5.05. The highest BCUT2D eigenvalue weighted by Gasteiger charge is 2.33. The van der Waals surface area contributed by atoms with Gasteiger partial charge in [0.05, 0.1) is 18.1 Å². The quantitative estimate of drug-likeness (QED) is 0.788. The van der Waals surface area contributed by atoms with Gasteiger partial charge in [0, 0.05) is 5.56 Å². The largest absolute Gasteiger partial charge is 0.472 e. The van der Waals surface area contributed by atoms with Crippen molar-refractivity contribution in [2.75, 3.05) is 0 Å². The van der Waals surface area contributed by atoms with Crippen LogP contribution in [0.4, 0.5) is 0 Å². The Morgan fingerprint density at radius 2 is 2.31 bits per heavy atom. The van der Waals surface area contributed by atoms with Crippen molar-refractivity contribution in [3.05, 3.63) is 24.2 Å². The van der Waals surface area contributed by atoms with Gasteiger partial charge in [-0.05, 0) is 37.7 Å². The normalized spacial score (nSPS) is 31.2. The summed E-state index contributed by atoms with van der Waals surface area (Å²) in [6.07, 6.45) is 11.2. The van der Waals surface area contributed by atoms with Gasteiger partial charge in [-0.15, -0.1) is 0 Å². The minimum Gasteiger partial charge on any atom is -0.472 e. The zero-order chi connectivity index (χ0) is 11.4. The average molecular weight is 222 g/mol. The van der Waals surface area contributed by atoms with E-state index in [1.807, 2.05) is 6.07 Å². The molecule has 1 aromatic rings. The first kappa shape index (κ1) is 11.7. The second-order valence-electron chi connectivity index (χ2n) is 5.13. The molecule has 0 aromatic carbocycles. The molecule has 2 atom stereocenters. The van der Waals surface area contributed by atoms with Gasteiger partial charge in [-0.25, -0.2) is 0 Å². The first-order valence-electron chi connectivity index (χ1n) is 6.49. The van der Waals surface area contributed by atoms with Crippen molar-refractivity contribution in [3.8, 4) is 0 Å². The highest BCUT2D eigenvalue weighted by atomic mass is 16.3. The summed E-state index contributed by atoms with van der Waals surface area (Å²) in [4.78, 5) is 0. The predicted molar refractivity (Wildman–Crippen MR) is 64.1 cm³/mol. The van der Waals surface area contributed by atoms with Crippen LogP contribution >= 0.6 is 0 Å². The summed E-state index contributed by atoms with van der Waals surface area (Å²) < 4.78 is 5.09. The molecule has 1 saturated carbocycles. The van der Waals surface area contributed by atoms with E-state index in [4.69, 9.17) is 4.42 Å². The molecule has 2 unspecified atom stereocenters. The third-order valence-electron chi connectivity index (χ3n) is 3.92. The Morgan fingerprint density at radius 1 is 1.44 bits per heavy atom. The van der Waals surface area contributed by atoms with Crippen LogP contribution in [-0.2, 0) is 5.60 Å². The van der Waals surface area contributed by atoms with Crippen molar-refractivity contribution < 1.29 is 9.52 Å². The van der Waals surface area contributed by atoms with Crippen molar-refractivity contribution in [3.63, 3.8) is 0 Å². The van der Waals surface area contributed by atoms with Crippen molar-refractivity contribution in [2.24, 2.45) is 5.92 Å². The van der Waals surface area contributed by atoms with Crippen LogP contribution in [-0.4, -0.2) is 5.11 Å². The van der Waals surface area contributed by atoms with Crippen LogP contribution in [0.15, 0.2) is 23.0 Å². The zero-order valence-electron chi connectivity index (χ0n) is 10.1. The molecule has 1 heterocycles. The van der Waals surface area contributed by atoms with Crippen LogP contribution in [0.25, 0.3) is 0 Å². The average Bonchev–Trinajstić information content (AvgIpc) is 2.74. The highest BCUT2D eigenvalue weighted by Crippen LogP contribution is 2.39. The third kappa shape index (κ3) is 2.49. The van der Waals surface area contributed by atoms with Gasteiger partial charge < -0.3 is 9.52 Å². The summed E-state index contributed by atoms with van der Waals surface area (Å²) in [5.74, 6) is 0.811. The molecule has 1 aliphatic rings. The molecule has 0 saturated heterocycles. The molecule has 0 bridgehead atoms. The number of aliphatic hydroxyl groups is 1. The lowest BCUT2D eigenvalue weighted by Crippen LogP contribution is -2.24. The Hall–Kier alpha value is -0.760. The molecular formula is C14H22O2. The smallest absolute Gasteiger partial charge is 0.0963 e. The Kier molecular flexibility index (Phi) is 3.70. The fraction of sp³-hybridized carbons (Fsp3) is 0.714. The van der Waals surface area contributed by atoms with Gasteiger partial charge in [0.1, 0.15) is 0 Å². The van der Waals surface area contributed by atoms with Crippen LogP contribution in [0.3, 0.4) is 0 Å². The summed E-state index contributed by atoms with van der Waals surface area (Å²) in [5, 5.41) is 10.6. The molecule has 0 amide bonds. The van der Waals surface area contributed by atoms with Gasteiger partial charge in [-0.1, -0.05) is 26.2 Å². The fourth-order valence-electron chi connectivity index (χ4n) is 2.91. The van der Waals surface area contributed by atoms with E-state index in [2.05, 4.69) is 6.92 Å². The summed E-state index contributed by atoms with van der Waals surface area (Å²) in [6.45, 7) is 2.24. The topological polar surface area (TPSA) is 33.4 Å². The van der Waals surface area contributed by atoms with Crippen LogP contribution in [0.5, 0.6) is 0 Å². The SMILES string of the molecule is CCCC1CCCC(O)(c2ccoc2)CC1. The van der Waals surface area contributed by atoms with E-state index >= 15 is 0 Å². The number of furan rings is 1. The fourth-order valence-corrected chi connectivity index (χ4v) is 2.91. The minimum absolute atomic E-state index is 0.629. The Balaban J connectivity index is 2.02. The monoisotopic (exact) mass is 222 g/mol. The molecule has 16 heavy (non-hydrogen) atoms. The van der Waals surface area contributed by atoms with Gasteiger partial charge in [-0.3, -0.25) is 0 Å². The van der Waals surface area contributed by atoms with Gasteiger partial charge in [0.15, 0.2) is 0 Å². The van der Waals surface area contributed by atoms with Gasteiger partial charge in [0.2, 0.25) is 0 Å². The molecule has 1 aliphatic carbocycles. The second-order valence-corrected chi connectivity index (χ2v) is 5.13. The van der Waals surface area contributed by atoms with E-state index in [0.29, 0.717) is 0 Å². The van der Waals surface area contributed by atoms with E-state index in [1.54, 1.807) is 12.5 Å². The summed E-state index contributed by atoms with van der Waals surface area (Å²) in [7, 11) is 0. The Morgan fingerprint density at radius 3 is 3.00 bits per heavy atom. The first-order chi connectivity index (χ1) is 7.74. The summed E-state index contributed by atoms with van der Waals surface area (Å²) >= 11 is 0. The van der Waals surface area contributed by atoms with Gasteiger partial charge in [0.25, 0.3) is 0 Å². The van der Waals surface area contributed by atoms with E-state index in [0.717, 1.165) is 37.2 Å². The molecule has 1 fully saturated rings. The van der Waals surface area contributed by atoms with Crippen molar-refractivity contribution in [1.82, 2.24) is 0 Å². The molecule has 0 radical (unpaired) electrons. The van der Waals surface area contributed by atoms with E-state index in [1.165, 1.54) is 19.3 Å². The molecule has 90 valence electrons. The molecule has 2 heteroatoms. The van der Waals surface area contributed by atoms with Gasteiger partial charge in [-0.2, -0.15) is 0 Å². The molecule has 2 rings (SSSR count). The Labute approximate surface area is 97.7 Å². The van der Waals surface area contributed by atoms with Crippen LogP contribution in [0.1, 0.15) is 57.4 Å². The number of hydrogen-bond donors (Lipinski definition) is 1. The van der Waals surface area contributed by atoms with Crippen LogP contribution in [0, 0.1) is 5.92 Å². The molecule has 1 aromatic heterocycles. The van der Waals surface area contributed by atoms with E-state index in [9.17, 15) is 5.11 Å².